The third-order valence-corrected chi connectivity index (χ3v) is 7.24. The molecule has 5 rings (SSSR count). The Hall–Kier alpha value is -0.240. The number of ether oxygens (including phenoxy) is 3. The minimum absolute atomic E-state index is 0.109. The van der Waals surface area contributed by atoms with Crippen LogP contribution in [0.15, 0.2) is 0 Å². The quantitative estimate of drug-likeness (QED) is 0.675. The average Bonchev–Trinajstić information content (AvgIpc) is 3.15. The molecule has 5 fully saturated rings. The third-order valence-electron chi connectivity index (χ3n) is 7.24. The molecule has 142 valence electrons. The maximum absolute atomic E-state index is 10.9. The molecule has 2 bridgehead atoms. The van der Waals surface area contributed by atoms with E-state index in [9.17, 15) is 5.11 Å². The first-order valence-corrected chi connectivity index (χ1v) is 9.94. The van der Waals surface area contributed by atoms with Crippen molar-refractivity contribution >= 4 is 0 Å². The van der Waals surface area contributed by atoms with E-state index >= 15 is 0 Å². The van der Waals surface area contributed by atoms with Crippen LogP contribution in [-0.4, -0.2) is 41.3 Å². The van der Waals surface area contributed by atoms with Gasteiger partial charge in [0.2, 0.25) is 11.6 Å². The zero-order chi connectivity index (χ0) is 17.3. The molecule has 2 aliphatic heterocycles. The van der Waals surface area contributed by atoms with E-state index in [1.807, 2.05) is 0 Å². The van der Waals surface area contributed by atoms with E-state index in [0.717, 1.165) is 32.1 Å². The maximum Gasteiger partial charge on any atom is 0.210 e. The van der Waals surface area contributed by atoms with Gasteiger partial charge in [-0.2, -0.15) is 9.78 Å². The largest absolute Gasteiger partial charge is 0.390 e. The van der Waals surface area contributed by atoms with Gasteiger partial charge in [0.25, 0.3) is 0 Å². The van der Waals surface area contributed by atoms with Gasteiger partial charge in [-0.1, -0.05) is 13.8 Å². The Morgan fingerprint density at radius 1 is 0.840 bits per heavy atom. The zero-order valence-electron chi connectivity index (χ0n) is 15.3. The van der Waals surface area contributed by atoms with Gasteiger partial charge in [0, 0.05) is 37.5 Å². The predicted octanol–water partition coefficient (Wildman–Crippen LogP) is 2.88. The molecule has 6 heteroatoms. The van der Waals surface area contributed by atoms with E-state index in [2.05, 4.69) is 13.8 Å². The maximum atomic E-state index is 10.9. The van der Waals surface area contributed by atoms with Gasteiger partial charge in [-0.15, -0.1) is 0 Å². The van der Waals surface area contributed by atoms with Crippen LogP contribution in [0.2, 0.25) is 0 Å². The molecule has 0 aromatic carbocycles. The predicted molar refractivity (Wildman–Crippen MR) is 87.1 cm³/mol. The highest BCUT2D eigenvalue weighted by molar-refractivity contribution is 5.05. The summed E-state index contributed by atoms with van der Waals surface area (Å²) < 4.78 is 18.3. The zero-order valence-corrected chi connectivity index (χ0v) is 15.3. The number of aliphatic hydroxyl groups is 1. The Bertz CT molecular complexity index is 532. The van der Waals surface area contributed by atoms with Gasteiger partial charge in [-0.25, -0.2) is 0 Å². The molecule has 6 nitrogen and oxygen atoms in total. The van der Waals surface area contributed by atoms with Crippen LogP contribution in [0.4, 0.5) is 0 Å². The number of hydrogen-bond acceptors (Lipinski definition) is 6. The van der Waals surface area contributed by atoms with Crippen molar-refractivity contribution in [3.63, 3.8) is 0 Å². The lowest BCUT2D eigenvalue weighted by Crippen LogP contribution is -2.59. The van der Waals surface area contributed by atoms with Gasteiger partial charge in [0.15, 0.2) is 5.79 Å². The van der Waals surface area contributed by atoms with E-state index in [4.69, 9.17) is 24.0 Å². The second kappa shape index (κ2) is 5.40. The second-order valence-electron chi connectivity index (χ2n) is 9.28. The van der Waals surface area contributed by atoms with Crippen LogP contribution in [-0.2, 0) is 24.0 Å². The van der Waals surface area contributed by atoms with Crippen LogP contribution < -0.4 is 0 Å². The van der Waals surface area contributed by atoms with Crippen LogP contribution in [0, 0.1) is 17.8 Å². The molecule has 3 saturated carbocycles. The highest BCUT2D eigenvalue weighted by Gasteiger charge is 2.66. The number of rotatable bonds is 0. The van der Waals surface area contributed by atoms with Crippen molar-refractivity contribution in [3.05, 3.63) is 0 Å². The number of fused-ring (bicyclic) bond motifs is 3. The molecule has 5 atom stereocenters. The summed E-state index contributed by atoms with van der Waals surface area (Å²) in [4.78, 5) is 11.9. The molecule has 5 unspecified atom stereocenters. The van der Waals surface area contributed by atoms with Gasteiger partial charge in [0.1, 0.15) is 0 Å². The van der Waals surface area contributed by atoms with E-state index in [-0.39, 0.29) is 11.8 Å². The van der Waals surface area contributed by atoms with Gasteiger partial charge in [-0.3, -0.25) is 0 Å². The molecular formula is C19H30O6. The number of hydrogen-bond donors (Lipinski definition) is 1. The summed E-state index contributed by atoms with van der Waals surface area (Å²) in [5.74, 6) is -1.08. The van der Waals surface area contributed by atoms with Crippen molar-refractivity contribution in [1.29, 1.82) is 0 Å². The Morgan fingerprint density at radius 2 is 1.52 bits per heavy atom. The van der Waals surface area contributed by atoms with Gasteiger partial charge in [-0.05, 0) is 31.6 Å². The molecule has 3 aliphatic carbocycles. The summed E-state index contributed by atoms with van der Waals surface area (Å²) in [5.41, 5.74) is -0.572. The molecule has 25 heavy (non-hydrogen) atoms. The Balaban J connectivity index is 1.36. The molecule has 5 aliphatic rings. The average molecular weight is 354 g/mol. The standard InChI is InChI=1S/C19H30O6/c1-13-9-15-12-16(20,10-13)11-14(2)19(15)23-18(24-25-19)5-3-17(4-6-18)21-7-8-22-17/h13-15,20H,3-12H2,1-2H3. The molecule has 2 heterocycles. The molecule has 0 aromatic heterocycles. The first-order chi connectivity index (χ1) is 11.9. The summed E-state index contributed by atoms with van der Waals surface area (Å²) in [5, 5.41) is 10.9. The van der Waals surface area contributed by atoms with Crippen molar-refractivity contribution in [2.45, 2.75) is 88.2 Å². The van der Waals surface area contributed by atoms with Crippen LogP contribution in [0.5, 0.6) is 0 Å². The smallest absolute Gasteiger partial charge is 0.210 e. The normalized spacial score (nSPS) is 50.8. The lowest BCUT2D eigenvalue weighted by Gasteiger charge is -2.54. The van der Waals surface area contributed by atoms with Crippen molar-refractivity contribution < 1.29 is 29.1 Å². The van der Waals surface area contributed by atoms with Crippen LogP contribution >= 0.6 is 0 Å². The molecule has 0 radical (unpaired) electrons. The fourth-order valence-electron chi connectivity index (χ4n) is 6.21. The van der Waals surface area contributed by atoms with Crippen molar-refractivity contribution in [2.75, 3.05) is 13.2 Å². The fraction of sp³-hybridized carbons (Fsp3) is 1.00. The first-order valence-electron chi connectivity index (χ1n) is 9.94. The van der Waals surface area contributed by atoms with E-state index in [1.54, 1.807) is 0 Å². The van der Waals surface area contributed by atoms with Crippen LogP contribution in [0.1, 0.15) is 65.2 Å². The minimum atomic E-state index is -0.719. The second-order valence-corrected chi connectivity index (χ2v) is 9.28. The Kier molecular flexibility index (Phi) is 3.65. The lowest BCUT2D eigenvalue weighted by molar-refractivity contribution is -0.388. The highest BCUT2D eigenvalue weighted by atomic mass is 17.3. The summed E-state index contributed by atoms with van der Waals surface area (Å²) in [7, 11) is 0. The summed E-state index contributed by atoms with van der Waals surface area (Å²) in [6, 6.07) is 0. The SMILES string of the molecule is CC1CC2CC(O)(C1)CC(C)C21OOC2(CCC3(CC2)OCCO3)O1. The molecule has 2 saturated heterocycles. The minimum Gasteiger partial charge on any atom is -0.390 e. The molecule has 0 aromatic rings. The molecule has 0 amide bonds. The van der Waals surface area contributed by atoms with Crippen molar-refractivity contribution in [3.8, 4) is 0 Å². The lowest BCUT2D eigenvalue weighted by atomic mass is 9.60. The van der Waals surface area contributed by atoms with Gasteiger partial charge in [0.05, 0.1) is 18.8 Å². The van der Waals surface area contributed by atoms with Gasteiger partial charge < -0.3 is 19.3 Å². The van der Waals surface area contributed by atoms with Crippen LogP contribution in [0.25, 0.3) is 0 Å². The topological polar surface area (TPSA) is 66.4 Å². The van der Waals surface area contributed by atoms with E-state index in [1.165, 1.54) is 0 Å². The van der Waals surface area contributed by atoms with E-state index in [0.29, 0.717) is 38.4 Å². The monoisotopic (exact) mass is 354 g/mol. The molecular weight excluding hydrogens is 324 g/mol. The van der Waals surface area contributed by atoms with Crippen molar-refractivity contribution in [1.82, 2.24) is 0 Å². The highest BCUT2D eigenvalue weighted by Crippen LogP contribution is 2.59. The summed E-state index contributed by atoms with van der Waals surface area (Å²) in [6.07, 6.45) is 6.33. The van der Waals surface area contributed by atoms with Crippen molar-refractivity contribution in [2.24, 2.45) is 17.8 Å². The fourth-order valence-corrected chi connectivity index (χ4v) is 6.21. The first kappa shape index (κ1) is 16.9. The third kappa shape index (κ3) is 2.52. The van der Waals surface area contributed by atoms with Crippen LogP contribution in [0.3, 0.4) is 0 Å². The molecule has 1 N–H and O–H groups in total. The Morgan fingerprint density at radius 3 is 2.24 bits per heavy atom. The summed E-state index contributed by atoms with van der Waals surface area (Å²) in [6.45, 7) is 5.68. The van der Waals surface area contributed by atoms with E-state index < -0.39 is 23.0 Å². The Labute approximate surface area is 149 Å². The summed E-state index contributed by atoms with van der Waals surface area (Å²) >= 11 is 0. The van der Waals surface area contributed by atoms with Gasteiger partial charge >= 0.3 is 0 Å². The molecule has 3 spiro atoms.